The van der Waals surface area contributed by atoms with Crippen LogP contribution in [0.5, 0.6) is 0 Å². The lowest BCUT2D eigenvalue weighted by molar-refractivity contribution is 0.378. The molecule has 0 aliphatic carbocycles. The van der Waals surface area contributed by atoms with Crippen LogP contribution in [-0.2, 0) is 4.74 Å². The van der Waals surface area contributed by atoms with Crippen LogP contribution in [0.4, 0.5) is 17.6 Å². The lowest BCUT2D eigenvalue weighted by Crippen LogP contribution is -2.01. The lowest BCUT2D eigenvalue weighted by atomic mass is 10.1. The number of halogens is 4. The minimum absolute atomic E-state index is 0.0940. The van der Waals surface area contributed by atoms with Gasteiger partial charge in [-0.1, -0.05) is 0 Å². The second-order valence-corrected chi connectivity index (χ2v) is 2.70. The molecule has 0 aromatic heterocycles. The van der Waals surface area contributed by atoms with Crippen LogP contribution in [0.2, 0.25) is 0 Å². The van der Waals surface area contributed by atoms with E-state index in [2.05, 4.69) is 4.74 Å². The van der Waals surface area contributed by atoms with Crippen LogP contribution in [0.1, 0.15) is 11.7 Å². The Morgan fingerprint density at radius 3 is 1.92 bits per heavy atom. The summed E-state index contributed by atoms with van der Waals surface area (Å²) in [6, 6.07) is 0.177. The Bertz CT molecular complexity index is 333. The second kappa shape index (κ2) is 2.70. The highest BCUT2D eigenvalue weighted by Crippen LogP contribution is 2.35. The highest BCUT2D eigenvalue weighted by Gasteiger charge is 2.34. The van der Waals surface area contributed by atoms with Crippen molar-refractivity contribution in [3.05, 3.63) is 34.9 Å². The Balaban J connectivity index is 2.62. The molecule has 1 aliphatic heterocycles. The zero-order chi connectivity index (χ0) is 9.59. The molecule has 0 radical (unpaired) electrons. The summed E-state index contributed by atoms with van der Waals surface area (Å²) >= 11 is 0. The van der Waals surface area contributed by atoms with E-state index in [0.29, 0.717) is 0 Å². The van der Waals surface area contributed by atoms with Crippen molar-refractivity contribution >= 4 is 0 Å². The van der Waals surface area contributed by atoms with E-state index < -0.39 is 34.9 Å². The third-order valence-electron chi connectivity index (χ3n) is 1.80. The van der Waals surface area contributed by atoms with Crippen molar-refractivity contribution in [2.45, 2.75) is 6.10 Å². The predicted octanol–water partition coefficient (Wildman–Crippen LogP) is 2.31. The first-order chi connectivity index (χ1) is 6.11. The quantitative estimate of drug-likeness (QED) is 0.378. The SMILES string of the molecule is Fc1cc(F)c(F)c([C@@H]2CO2)c1F. The molecule has 1 saturated heterocycles. The normalized spacial score (nSPS) is 20.5. The van der Waals surface area contributed by atoms with E-state index in [9.17, 15) is 17.6 Å². The number of rotatable bonds is 1. The minimum Gasteiger partial charge on any atom is -0.368 e. The van der Waals surface area contributed by atoms with Crippen molar-refractivity contribution in [3.8, 4) is 0 Å². The summed E-state index contributed by atoms with van der Waals surface area (Å²) in [5, 5.41) is 0. The summed E-state index contributed by atoms with van der Waals surface area (Å²) in [4.78, 5) is 0. The molecular formula is C8H4F4O. The molecule has 1 aromatic carbocycles. The molecule has 1 nitrogen and oxygen atoms in total. The van der Waals surface area contributed by atoms with Crippen molar-refractivity contribution < 1.29 is 22.3 Å². The van der Waals surface area contributed by atoms with Crippen LogP contribution in [-0.4, -0.2) is 6.61 Å². The van der Waals surface area contributed by atoms with Gasteiger partial charge < -0.3 is 4.74 Å². The third-order valence-corrected chi connectivity index (χ3v) is 1.80. The van der Waals surface area contributed by atoms with Crippen LogP contribution in [0.15, 0.2) is 6.07 Å². The molecule has 5 heteroatoms. The highest BCUT2D eigenvalue weighted by molar-refractivity contribution is 5.26. The van der Waals surface area contributed by atoms with Gasteiger partial charge in [0.2, 0.25) is 0 Å². The van der Waals surface area contributed by atoms with E-state index in [-0.39, 0.29) is 12.7 Å². The van der Waals surface area contributed by atoms with Gasteiger partial charge in [0.25, 0.3) is 0 Å². The van der Waals surface area contributed by atoms with E-state index in [4.69, 9.17) is 0 Å². The maximum Gasteiger partial charge on any atom is 0.167 e. The Labute approximate surface area is 70.9 Å². The van der Waals surface area contributed by atoms with Crippen molar-refractivity contribution in [1.82, 2.24) is 0 Å². The molecule has 0 N–H and O–H groups in total. The minimum atomic E-state index is -1.40. The molecule has 0 spiro atoms. The molecule has 0 bridgehead atoms. The van der Waals surface area contributed by atoms with Gasteiger partial charge in [0.1, 0.15) is 6.10 Å². The third kappa shape index (κ3) is 1.29. The zero-order valence-corrected chi connectivity index (χ0v) is 6.28. The average Bonchev–Trinajstić information content (AvgIpc) is 2.85. The molecule has 1 heterocycles. The molecular weight excluding hydrogens is 188 g/mol. The number of hydrogen-bond donors (Lipinski definition) is 0. The molecule has 0 amide bonds. The topological polar surface area (TPSA) is 12.5 Å². The Hall–Kier alpha value is -1.10. The summed E-state index contributed by atoms with van der Waals surface area (Å²) < 4.78 is 55.4. The molecule has 13 heavy (non-hydrogen) atoms. The van der Waals surface area contributed by atoms with E-state index in [0.717, 1.165) is 0 Å². The largest absolute Gasteiger partial charge is 0.368 e. The maximum absolute atomic E-state index is 12.9. The monoisotopic (exact) mass is 192 g/mol. The van der Waals surface area contributed by atoms with Crippen LogP contribution < -0.4 is 0 Å². The van der Waals surface area contributed by atoms with Crippen molar-refractivity contribution in [3.63, 3.8) is 0 Å². The summed E-state index contributed by atoms with van der Waals surface area (Å²) in [7, 11) is 0. The molecule has 1 aromatic rings. The van der Waals surface area contributed by atoms with Gasteiger partial charge in [0, 0.05) is 6.07 Å². The van der Waals surface area contributed by atoms with Crippen LogP contribution in [0.3, 0.4) is 0 Å². The average molecular weight is 192 g/mol. The van der Waals surface area contributed by atoms with E-state index in [1.165, 1.54) is 0 Å². The van der Waals surface area contributed by atoms with Crippen LogP contribution in [0.25, 0.3) is 0 Å². The van der Waals surface area contributed by atoms with Gasteiger partial charge in [-0.3, -0.25) is 0 Å². The first-order valence-electron chi connectivity index (χ1n) is 3.55. The number of epoxide rings is 1. The molecule has 1 atom stereocenters. The molecule has 2 rings (SSSR count). The highest BCUT2D eigenvalue weighted by atomic mass is 19.2. The fraction of sp³-hybridized carbons (Fsp3) is 0.250. The lowest BCUT2D eigenvalue weighted by Gasteiger charge is -2.02. The summed E-state index contributed by atoms with van der Waals surface area (Å²) in [6.07, 6.45) is -0.842. The summed E-state index contributed by atoms with van der Waals surface area (Å²) in [5.74, 6) is -5.54. The van der Waals surface area contributed by atoms with Gasteiger partial charge in [0.05, 0.1) is 12.2 Å². The summed E-state index contributed by atoms with van der Waals surface area (Å²) in [5.41, 5.74) is -0.655. The standard InChI is InChI=1S/C8H4F4O/c9-3-1-4(10)8(12)6(7(3)11)5-2-13-5/h1,5H,2H2/t5-/m0/s1. The number of hydrogen-bond acceptors (Lipinski definition) is 1. The number of benzene rings is 1. The smallest absolute Gasteiger partial charge is 0.167 e. The van der Waals surface area contributed by atoms with Crippen LogP contribution >= 0.6 is 0 Å². The Kier molecular flexibility index (Phi) is 1.76. The van der Waals surface area contributed by atoms with Gasteiger partial charge in [0.15, 0.2) is 23.3 Å². The Morgan fingerprint density at radius 2 is 1.54 bits per heavy atom. The Morgan fingerprint density at radius 1 is 1.08 bits per heavy atom. The molecule has 1 fully saturated rings. The van der Waals surface area contributed by atoms with Crippen molar-refractivity contribution in [2.24, 2.45) is 0 Å². The van der Waals surface area contributed by atoms with E-state index in [1.807, 2.05) is 0 Å². The molecule has 70 valence electrons. The zero-order valence-electron chi connectivity index (χ0n) is 6.28. The van der Waals surface area contributed by atoms with Gasteiger partial charge >= 0.3 is 0 Å². The van der Waals surface area contributed by atoms with Crippen LogP contribution in [0, 0.1) is 23.3 Å². The first kappa shape index (κ1) is 8.50. The second-order valence-electron chi connectivity index (χ2n) is 2.70. The molecule has 0 unspecified atom stereocenters. The van der Waals surface area contributed by atoms with Gasteiger partial charge in [-0.25, -0.2) is 17.6 Å². The fourth-order valence-corrected chi connectivity index (χ4v) is 1.09. The molecule has 1 aliphatic rings. The van der Waals surface area contributed by atoms with Gasteiger partial charge in [-0.2, -0.15) is 0 Å². The fourth-order valence-electron chi connectivity index (χ4n) is 1.09. The predicted molar refractivity (Wildman–Crippen MR) is 35.0 cm³/mol. The van der Waals surface area contributed by atoms with E-state index >= 15 is 0 Å². The molecule has 0 saturated carbocycles. The van der Waals surface area contributed by atoms with Crippen molar-refractivity contribution in [1.29, 1.82) is 0 Å². The van der Waals surface area contributed by atoms with Gasteiger partial charge in [-0.05, 0) is 0 Å². The van der Waals surface area contributed by atoms with E-state index in [1.54, 1.807) is 0 Å². The first-order valence-corrected chi connectivity index (χ1v) is 3.55. The number of ether oxygens (including phenoxy) is 1. The van der Waals surface area contributed by atoms with Gasteiger partial charge in [-0.15, -0.1) is 0 Å². The van der Waals surface area contributed by atoms with Crippen molar-refractivity contribution in [2.75, 3.05) is 6.61 Å². The summed E-state index contributed by atoms with van der Waals surface area (Å²) in [6.45, 7) is 0.0940. The maximum atomic E-state index is 12.9.